The maximum absolute atomic E-state index is 12.3. The fourth-order valence-corrected chi connectivity index (χ4v) is 2.95. The molecule has 3 aromatic rings. The Morgan fingerprint density at radius 2 is 1.91 bits per heavy atom. The first-order chi connectivity index (χ1) is 11.1. The van der Waals surface area contributed by atoms with Crippen LogP contribution in [0.3, 0.4) is 0 Å². The standard InChI is InChI=1S/C15H11N5O2S/c16-10-12-2-5-14(6-3-12)23(21,22)19-13-4-7-15(17-11-13)20-9-1-8-18-20/h1-9,11,19H. The highest BCUT2D eigenvalue weighted by Crippen LogP contribution is 2.16. The average Bonchev–Trinajstić information content (AvgIpc) is 3.10. The third-order valence-electron chi connectivity index (χ3n) is 3.03. The Morgan fingerprint density at radius 3 is 2.48 bits per heavy atom. The molecule has 0 fully saturated rings. The Morgan fingerprint density at radius 1 is 1.13 bits per heavy atom. The molecule has 8 heteroatoms. The van der Waals surface area contributed by atoms with Gasteiger partial charge in [0.1, 0.15) is 0 Å². The Bertz CT molecular complexity index is 941. The Labute approximate surface area is 132 Å². The molecule has 0 bridgehead atoms. The summed E-state index contributed by atoms with van der Waals surface area (Å²) in [6.07, 6.45) is 4.78. The van der Waals surface area contributed by atoms with E-state index in [0.29, 0.717) is 17.1 Å². The van der Waals surface area contributed by atoms with Crippen LogP contribution < -0.4 is 4.72 Å². The first-order valence-corrected chi connectivity index (χ1v) is 8.06. The van der Waals surface area contributed by atoms with Crippen LogP contribution in [0.2, 0.25) is 0 Å². The Hall–Kier alpha value is -3.18. The van der Waals surface area contributed by atoms with Gasteiger partial charge in [0.25, 0.3) is 10.0 Å². The molecule has 0 radical (unpaired) electrons. The Balaban J connectivity index is 1.81. The molecule has 0 aliphatic rings. The molecule has 0 unspecified atom stereocenters. The molecule has 0 saturated heterocycles. The van der Waals surface area contributed by atoms with Crippen molar-refractivity contribution >= 4 is 15.7 Å². The van der Waals surface area contributed by atoms with Crippen molar-refractivity contribution in [3.63, 3.8) is 0 Å². The van der Waals surface area contributed by atoms with Crippen molar-refractivity contribution in [2.75, 3.05) is 4.72 Å². The maximum atomic E-state index is 12.3. The molecule has 7 nitrogen and oxygen atoms in total. The number of anilines is 1. The van der Waals surface area contributed by atoms with Gasteiger partial charge in [0.2, 0.25) is 0 Å². The molecule has 2 heterocycles. The van der Waals surface area contributed by atoms with E-state index < -0.39 is 10.0 Å². The second-order valence-electron chi connectivity index (χ2n) is 4.60. The molecule has 3 rings (SSSR count). The minimum absolute atomic E-state index is 0.0765. The molecule has 1 aromatic carbocycles. The molecule has 0 saturated carbocycles. The van der Waals surface area contributed by atoms with Crippen molar-refractivity contribution in [2.45, 2.75) is 4.90 Å². The van der Waals surface area contributed by atoms with Crippen molar-refractivity contribution in [2.24, 2.45) is 0 Å². The zero-order valence-electron chi connectivity index (χ0n) is 11.8. The number of aromatic nitrogens is 3. The lowest BCUT2D eigenvalue weighted by molar-refractivity contribution is 0.601. The van der Waals surface area contributed by atoms with Crippen LogP contribution in [0.15, 0.2) is 66.0 Å². The first kappa shape index (κ1) is 14.7. The lowest BCUT2D eigenvalue weighted by Crippen LogP contribution is -2.13. The molecule has 2 aromatic heterocycles. The molecule has 0 amide bonds. The smallest absolute Gasteiger partial charge is 0.261 e. The topological polar surface area (TPSA) is 101 Å². The summed E-state index contributed by atoms with van der Waals surface area (Å²) in [5, 5.41) is 12.8. The van der Waals surface area contributed by atoms with Gasteiger partial charge in [-0.3, -0.25) is 4.72 Å². The van der Waals surface area contributed by atoms with Crippen LogP contribution >= 0.6 is 0 Å². The van der Waals surface area contributed by atoms with Crippen molar-refractivity contribution < 1.29 is 8.42 Å². The van der Waals surface area contributed by atoms with Crippen LogP contribution in [0.5, 0.6) is 0 Å². The van der Waals surface area contributed by atoms with E-state index in [1.807, 2.05) is 6.07 Å². The van der Waals surface area contributed by atoms with E-state index in [1.54, 1.807) is 35.3 Å². The number of rotatable bonds is 4. The summed E-state index contributed by atoms with van der Waals surface area (Å²) in [5.41, 5.74) is 0.736. The predicted octanol–water partition coefficient (Wildman–Crippen LogP) is 1.94. The predicted molar refractivity (Wildman–Crippen MR) is 83.3 cm³/mol. The molecule has 0 aliphatic carbocycles. The van der Waals surface area contributed by atoms with Gasteiger partial charge in [0.05, 0.1) is 28.4 Å². The van der Waals surface area contributed by atoms with Crippen molar-refractivity contribution in [3.8, 4) is 11.9 Å². The van der Waals surface area contributed by atoms with E-state index in [0.717, 1.165) is 0 Å². The summed E-state index contributed by atoms with van der Waals surface area (Å²) in [6.45, 7) is 0. The number of sulfonamides is 1. The highest BCUT2D eigenvalue weighted by atomic mass is 32.2. The average molecular weight is 325 g/mol. The third kappa shape index (κ3) is 3.20. The SMILES string of the molecule is N#Cc1ccc(S(=O)(=O)Nc2ccc(-n3cccn3)nc2)cc1. The number of benzene rings is 1. The summed E-state index contributed by atoms with van der Waals surface area (Å²) in [5.74, 6) is 0.580. The van der Waals surface area contributed by atoms with Crippen LogP contribution in [0.1, 0.15) is 5.56 Å². The maximum Gasteiger partial charge on any atom is 0.261 e. The lowest BCUT2D eigenvalue weighted by Gasteiger charge is -2.08. The van der Waals surface area contributed by atoms with Gasteiger partial charge >= 0.3 is 0 Å². The van der Waals surface area contributed by atoms with Crippen molar-refractivity contribution in [1.82, 2.24) is 14.8 Å². The van der Waals surface area contributed by atoms with Gasteiger partial charge in [-0.25, -0.2) is 18.1 Å². The molecular formula is C15H11N5O2S. The molecule has 23 heavy (non-hydrogen) atoms. The van der Waals surface area contributed by atoms with Gasteiger partial charge in [-0.05, 0) is 42.5 Å². The molecule has 0 aliphatic heterocycles. The number of pyridine rings is 1. The van der Waals surface area contributed by atoms with E-state index in [-0.39, 0.29) is 4.90 Å². The quantitative estimate of drug-likeness (QED) is 0.790. The number of nitrogens with zero attached hydrogens (tertiary/aromatic N) is 4. The summed E-state index contributed by atoms with van der Waals surface area (Å²) >= 11 is 0. The lowest BCUT2D eigenvalue weighted by atomic mass is 10.2. The minimum atomic E-state index is -3.73. The number of nitrogens with one attached hydrogen (secondary N) is 1. The second-order valence-corrected chi connectivity index (χ2v) is 6.28. The van der Waals surface area contributed by atoms with E-state index in [4.69, 9.17) is 5.26 Å². The van der Waals surface area contributed by atoms with Crippen LogP contribution in [0.25, 0.3) is 5.82 Å². The van der Waals surface area contributed by atoms with Gasteiger partial charge in [-0.2, -0.15) is 10.4 Å². The third-order valence-corrected chi connectivity index (χ3v) is 4.43. The minimum Gasteiger partial charge on any atom is -0.278 e. The number of hydrogen-bond acceptors (Lipinski definition) is 5. The zero-order chi connectivity index (χ0) is 16.3. The van der Waals surface area contributed by atoms with Crippen molar-refractivity contribution in [3.05, 3.63) is 66.6 Å². The largest absolute Gasteiger partial charge is 0.278 e. The van der Waals surface area contributed by atoms with E-state index in [9.17, 15) is 8.42 Å². The summed E-state index contributed by atoms with van der Waals surface area (Å²) in [7, 11) is -3.73. The fourth-order valence-electron chi connectivity index (χ4n) is 1.91. The highest BCUT2D eigenvalue weighted by molar-refractivity contribution is 7.92. The van der Waals surface area contributed by atoms with Crippen LogP contribution in [-0.4, -0.2) is 23.2 Å². The molecule has 114 valence electrons. The first-order valence-electron chi connectivity index (χ1n) is 6.57. The van der Waals surface area contributed by atoms with Crippen LogP contribution in [0.4, 0.5) is 5.69 Å². The summed E-state index contributed by atoms with van der Waals surface area (Å²) in [6, 6.07) is 12.6. The van der Waals surface area contributed by atoms with Gasteiger partial charge in [0.15, 0.2) is 5.82 Å². The monoisotopic (exact) mass is 325 g/mol. The summed E-state index contributed by atoms with van der Waals surface area (Å²) in [4.78, 5) is 4.23. The van der Waals surface area contributed by atoms with Gasteiger partial charge < -0.3 is 0 Å². The van der Waals surface area contributed by atoms with E-state index in [1.165, 1.54) is 30.5 Å². The number of hydrogen-bond donors (Lipinski definition) is 1. The second kappa shape index (κ2) is 5.90. The van der Waals surface area contributed by atoms with Gasteiger partial charge in [-0.1, -0.05) is 0 Å². The molecule has 0 spiro atoms. The van der Waals surface area contributed by atoms with Crippen molar-refractivity contribution in [1.29, 1.82) is 5.26 Å². The molecule has 1 N–H and O–H groups in total. The molecule has 0 atom stereocenters. The van der Waals surface area contributed by atoms with Crippen LogP contribution in [-0.2, 0) is 10.0 Å². The highest BCUT2D eigenvalue weighted by Gasteiger charge is 2.14. The zero-order valence-corrected chi connectivity index (χ0v) is 12.6. The Kier molecular flexibility index (Phi) is 3.78. The van der Waals surface area contributed by atoms with Crippen LogP contribution in [0, 0.1) is 11.3 Å². The fraction of sp³-hybridized carbons (Fsp3) is 0. The van der Waals surface area contributed by atoms with Gasteiger partial charge in [-0.15, -0.1) is 0 Å². The number of nitriles is 1. The molecular weight excluding hydrogens is 314 g/mol. The van der Waals surface area contributed by atoms with E-state index >= 15 is 0 Å². The van der Waals surface area contributed by atoms with E-state index in [2.05, 4.69) is 14.8 Å². The normalized spacial score (nSPS) is 10.9. The summed E-state index contributed by atoms with van der Waals surface area (Å²) < 4.78 is 28.6. The van der Waals surface area contributed by atoms with Gasteiger partial charge in [0, 0.05) is 12.4 Å².